The Balaban J connectivity index is 1.89. The number of aromatic nitrogens is 2. The van der Waals surface area contributed by atoms with Gasteiger partial charge in [-0.25, -0.2) is 4.98 Å². The largest absolute Gasteiger partial charge is 0.341 e. The lowest BCUT2D eigenvalue weighted by molar-refractivity contribution is 0.891. The van der Waals surface area contributed by atoms with Crippen molar-refractivity contribution in [1.82, 2.24) is 9.97 Å². The minimum absolute atomic E-state index is 0.716. The molecule has 1 aromatic heterocycles. The molecule has 0 saturated carbocycles. The molecule has 0 atom stereocenters. The van der Waals surface area contributed by atoms with Gasteiger partial charge in [-0.05, 0) is 44.4 Å². The van der Waals surface area contributed by atoms with Crippen molar-refractivity contribution in [2.45, 2.75) is 26.7 Å². The first-order valence-corrected chi connectivity index (χ1v) is 7.63. The number of hydrogen-bond donors (Lipinski definition) is 1. The van der Waals surface area contributed by atoms with E-state index in [2.05, 4.69) is 20.2 Å². The fourth-order valence-corrected chi connectivity index (χ4v) is 2.71. The second-order valence-electron chi connectivity index (χ2n) is 5.47. The molecule has 1 aliphatic rings. The average molecular weight is 303 g/mol. The van der Waals surface area contributed by atoms with Crippen molar-refractivity contribution < 1.29 is 0 Å². The third-order valence-electron chi connectivity index (χ3n) is 3.69. The Hall–Kier alpha value is -1.81. The van der Waals surface area contributed by atoms with E-state index in [1.165, 1.54) is 12.8 Å². The number of nitrogens with zero attached hydrogens (tertiary/aromatic N) is 3. The van der Waals surface area contributed by atoms with Crippen LogP contribution in [0.5, 0.6) is 0 Å². The fourth-order valence-electron chi connectivity index (χ4n) is 2.54. The van der Waals surface area contributed by atoms with Crippen LogP contribution in [-0.4, -0.2) is 23.1 Å². The lowest BCUT2D eigenvalue weighted by Gasteiger charge is -2.17. The standard InChI is InChI=1S/C16H19ClN4/c1-11-5-6-13(17)10-14(11)19-15-9-12(2)18-16(20-15)21-7-3-4-8-21/h5-6,9-10H,3-4,7-8H2,1-2H3,(H,18,19,20). The number of benzene rings is 1. The second kappa shape index (κ2) is 5.90. The molecule has 1 fully saturated rings. The van der Waals surface area contributed by atoms with Gasteiger partial charge in [-0.15, -0.1) is 0 Å². The van der Waals surface area contributed by atoms with E-state index in [0.29, 0.717) is 5.02 Å². The summed E-state index contributed by atoms with van der Waals surface area (Å²) >= 11 is 6.07. The van der Waals surface area contributed by atoms with Crippen LogP contribution in [0.3, 0.4) is 0 Å². The van der Waals surface area contributed by atoms with Crippen LogP contribution in [0.25, 0.3) is 0 Å². The first-order valence-electron chi connectivity index (χ1n) is 7.25. The molecule has 21 heavy (non-hydrogen) atoms. The van der Waals surface area contributed by atoms with Crippen LogP contribution in [-0.2, 0) is 0 Å². The zero-order valence-corrected chi connectivity index (χ0v) is 13.1. The Labute approximate surface area is 130 Å². The van der Waals surface area contributed by atoms with Gasteiger partial charge in [0.2, 0.25) is 5.95 Å². The normalized spacial score (nSPS) is 14.5. The van der Waals surface area contributed by atoms with E-state index in [9.17, 15) is 0 Å². The Kier molecular flexibility index (Phi) is 3.97. The molecule has 0 spiro atoms. The van der Waals surface area contributed by atoms with Crippen LogP contribution in [0.2, 0.25) is 5.02 Å². The Bertz CT molecular complexity index is 651. The molecule has 110 valence electrons. The third kappa shape index (κ3) is 3.27. The van der Waals surface area contributed by atoms with E-state index in [4.69, 9.17) is 11.6 Å². The molecule has 1 N–H and O–H groups in total. The number of halogens is 1. The van der Waals surface area contributed by atoms with Gasteiger partial charge in [-0.1, -0.05) is 17.7 Å². The molecule has 1 saturated heterocycles. The van der Waals surface area contributed by atoms with E-state index in [0.717, 1.165) is 41.8 Å². The molecule has 3 rings (SSSR count). The highest BCUT2D eigenvalue weighted by Gasteiger charge is 2.16. The summed E-state index contributed by atoms with van der Waals surface area (Å²) in [6.07, 6.45) is 2.43. The van der Waals surface area contributed by atoms with Crippen LogP contribution in [0.15, 0.2) is 24.3 Å². The molecule has 0 radical (unpaired) electrons. The number of rotatable bonds is 3. The number of hydrogen-bond acceptors (Lipinski definition) is 4. The zero-order chi connectivity index (χ0) is 14.8. The Morgan fingerprint density at radius 2 is 1.86 bits per heavy atom. The highest BCUT2D eigenvalue weighted by atomic mass is 35.5. The van der Waals surface area contributed by atoms with Crippen LogP contribution >= 0.6 is 11.6 Å². The fraction of sp³-hybridized carbons (Fsp3) is 0.375. The van der Waals surface area contributed by atoms with Gasteiger partial charge in [0, 0.05) is 35.6 Å². The molecule has 1 aliphatic heterocycles. The predicted molar refractivity (Wildman–Crippen MR) is 87.7 cm³/mol. The molecule has 2 aromatic rings. The minimum Gasteiger partial charge on any atom is -0.341 e. The predicted octanol–water partition coefficient (Wildman–Crippen LogP) is 4.09. The van der Waals surface area contributed by atoms with Gasteiger partial charge in [0.05, 0.1) is 0 Å². The maximum Gasteiger partial charge on any atom is 0.227 e. The van der Waals surface area contributed by atoms with E-state index < -0.39 is 0 Å². The Morgan fingerprint density at radius 3 is 2.62 bits per heavy atom. The van der Waals surface area contributed by atoms with Crippen molar-refractivity contribution in [3.8, 4) is 0 Å². The highest BCUT2D eigenvalue weighted by Crippen LogP contribution is 2.25. The first kappa shape index (κ1) is 14.1. The minimum atomic E-state index is 0.716. The molecule has 1 aromatic carbocycles. The van der Waals surface area contributed by atoms with Crippen molar-refractivity contribution >= 4 is 29.1 Å². The summed E-state index contributed by atoms with van der Waals surface area (Å²) in [7, 11) is 0. The van der Waals surface area contributed by atoms with Gasteiger partial charge in [0.1, 0.15) is 5.82 Å². The maximum atomic E-state index is 6.07. The van der Waals surface area contributed by atoms with Gasteiger partial charge < -0.3 is 10.2 Å². The van der Waals surface area contributed by atoms with Crippen molar-refractivity contribution in [3.63, 3.8) is 0 Å². The van der Waals surface area contributed by atoms with E-state index in [1.54, 1.807) is 0 Å². The number of nitrogens with one attached hydrogen (secondary N) is 1. The van der Waals surface area contributed by atoms with E-state index in [1.807, 2.05) is 38.1 Å². The summed E-state index contributed by atoms with van der Waals surface area (Å²) in [5.41, 5.74) is 3.08. The molecule has 4 nitrogen and oxygen atoms in total. The van der Waals surface area contributed by atoms with Crippen molar-refractivity contribution in [2.24, 2.45) is 0 Å². The number of aryl methyl sites for hydroxylation is 2. The van der Waals surface area contributed by atoms with Gasteiger partial charge in [0.15, 0.2) is 0 Å². The monoisotopic (exact) mass is 302 g/mol. The zero-order valence-electron chi connectivity index (χ0n) is 12.4. The third-order valence-corrected chi connectivity index (χ3v) is 3.93. The van der Waals surface area contributed by atoms with Crippen molar-refractivity contribution in [2.75, 3.05) is 23.3 Å². The van der Waals surface area contributed by atoms with E-state index in [-0.39, 0.29) is 0 Å². The summed E-state index contributed by atoms with van der Waals surface area (Å²) in [6.45, 7) is 6.13. The molecular formula is C16H19ClN4. The molecular weight excluding hydrogens is 284 g/mol. The SMILES string of the molecule is Cc1cc(Nc2cc(Cl)ccc2C)nc(N2CCCC2)n1. The molecule has 2 heterocycles. The maximum absolute atomic E-state index is 6.07. The summed E-state index contributed by atoms with van der Waals surface area (Å²) in [5, 5.41) is 4.07. The van der Waals surface area contributed by atoms with E-state index >= 15 is 0 Å². The van der Waals surface area contributed by atoms with Crippen molar-refractivity contribution in [3.05, 3.63) is 40.5 Å². The summed E-state index contributed by atoms with van der Waals surface area (Å²) in [5.74, 6) is 1.63. The second-order valence-corrected chi connectivity index (χ2v) is 5.91. The highest BCUT2D eigenvalue weighted by molar-refractivity contribution is 6.30. The number of anilines is 3. The molecule has 0 bridgehead atoms. The van der Waals surface area contributed by atoms with Crippen LogP contribution < -0.4 is 10.2 Å². The lowest BCUT2D eigenvalue weighted by atomic mass is 10.2. The van der Waals surface area contributed by atoms with Crippen LogP contribution in [0.1, 0.15) is 24.1 Å². The summed E-state index contributed by atoms with van der Waals surface area (Å²) in [6, 6.07) is 7.77. The first-order chi connectivity index (χ1) is 10.1. The molecule has 0 aliphatic carbocycles. The van der Waals surface area contributed by atoms with Gasteiger partial charge in [0.25, 0.3) is 0 Å². The van der Waals surface area contributed by atoms with Gasteiger partial charge in [-0.3, -0.25) is 0 Å². The lowest BCUT2D eigenvalue weighted by Crippen LogP contribution is -2.21. The topological polar surface area (TPSA) is 41.1 Å². The Morgan fingerprint density at radius 1 is 1.10 bits per heavy atom. The average Bonchev–Trinajstić information content (AvgIpc) is 2.96. The molecule has 0 unspecified atom stereocenters. The van der Waals surface area contributed by atoms with Crippen LogP contribution in [0, 0.1) is 13.8 Å². The van der Waals surface area contributed by atoms with Crippen LogP contribution in [0.4, 0.5) is 17.5 Å². The quantitative estimate of drug-likeness (QED) is 0.927. The molecule has 0 amide bonds. The molecule has 5 heteroatoms. The smallest absolute Gasteiger partial charge is 0.227 e. The summed E-state index contributed by atoms with van der Waals surface area (Å²) < 4.78 is 0. The van der Waals surface area contributed by atoms with Crippen molar-refractivity contribution in [1.29, 1.82) is 0 Å². The van der Waals surface area contributed by atoms with Gasteiger partial charge >= 0.3 is 0 Å². The van der Waals surface area contributed by atoms with Gasteiger partial charge in [-0.2, -0.15) is 4.98 Å². The summed E-state index contributed by atoms with van der Waals surface area (Å²) in [4.78, 5) is 11.4.